The van der Waals surface area contributed by atoms with Gasteiger partial charge in [0.1, 0.15) is 5.58 Å². The molecule has 0 saturated heterocycles. The molecule has 8 rings (SSSR count). The number of hydrogen-bond acceptors (Lipinski definition) is 2. The Bertz CT molecular complexity index is 2170. The number of furan rings is 1. The first-order valence-electron chi connectivity index (χ1n) is 12.9. The molecule has 0 aliphatic heterocycles. The number of anilines is 2. The Labute approximate surface area is 219 Å². The van der Waals surface area contributed by atoms with Crippen LogP contribution in [0.25, 0.3) is 65.4 Å². The monoisotopic (exact) mass is 485 g/mol. The summed E-state index contributed by atoms with van der Waals surface area (Å²) >= 11 is 0. The van der Waals surface area contributed by atoms with Gasteiger partial charge in [-0.3, -0.25) is 0 Å². The Morgan fingerprint density at radius 2 is 1.16 bits per heavy atom. The van der Waals surface area contributed by atoms with Gasteiger partial charge in [0.25, 0.3) is 0 Å². The molecule has 0 amide bonds. The Balaban J connectivity index is 1.28. The van der Waals surface area contributed by atoms with Crippen molar-refractivity contribution in [1.82, 2.24) is 0 Å². The zero-order chi connectivity index (χ0) is 25.1. The predicted molar refractivity (Wildman–Crippen MR) is 161 cm³/mol. The predicted octanol–water partition coefficient (Wildman–Crippen LogP) is 10.5. The fraction of sp³-hybridized carbons (Fsp3) is 0. The van der Waals surface area contributed by atoms with E-state index in [-0.39, 0.29) is 0 Å². The lowest BCUT2D eigenvalue weighted by Gasteiger charge is -2.14. The Morgan fingerprint density at radius 1 is 0.447 bits per heavy atom. The maximum Gasteiger partial charge on any atom is 0.158 e. The minimum atomic E-state index is 0.876. The molecule has 178 valence electrons. The van der Waals surface area contributed by atoms with E-state index in [0.717, 1.165) is 27.9 Å². The molecule has 0 aliphatic carbocycles. The summed E-state index contributed by atoms with van der Waals surface area (Å²) in [5.41, 5.74) is 6.25. The quantitative estimate of drug-likeness (QED) is 0.269. The molecule has 8 aromatic rings. The first-order chi connectivity index (χ1) is 18.8. The molecule has 0 fully saturated rings. The first-order valence-corrected chi connectivity index (χ1v) is 12.9. The molecule has 0 aliphatic rings. The van der Waals surface area contributed by atoms with Crippen LogP contribution in [0.1, 0.15) is 0 Å². The van der Waals surface area contributed by atoms with Gasteiger partial charge in [-0.2, -0.15) is 0 Å². The maximum absolute atomic E-state index is 6.45. The van der Waals surface area contributed by atoms with Crippen molar-refractivity contribution in [2.45, 2.75) is 0 Å². The summed E-state index contributed by atoms with van der Waals surface area (Å²) in [7, 11) is 0. The van der Waals surface area contributed by atoms with Gasteiger partial charge in [-0.25, -0.2) is 0 Å². The van der Waals surface area contributed by atoms with E-state index >= 15 is 0 Å². The molecular weight excluding hydrogens is 462 g/mol. The molecule has 38 heavy (non-hydrogen) atoms. The van der Waals surface area contributed by atoms with Crippen LogP contribution in [-0.4, -0.2) is 0 Å². The smallest absolute Gasteiger partial charge is 0.158 e. The lowest BCUT2D eigenvalue weighted by molar-refractivity contribution is 0.670. The Morgan fingerprint density at radius 3 is 2.05 bits per heavy atom. The summed E-state index contributed by atoms with van der Waals surface area (Å²) in [5, 5.41) is 13.3. The van der Waals surface area contributed by atoms with Crippen LogP contribution in [0.4, 0.5) is 11.4 Å². The van der Waals surface area contributed by atoms with Gasteiger partial charge in [-0.15, -0.1) is 0 Å². The summed E-state index contributed by atoms with van der Waals surface area (Å²) in [6.07, 6.45) is 0. The zero-order valence-electron chi connectivity index (χ0n) is 20.6. The van der Waals surface area contributed by atoms with Crippen LogP contribution < -0.4 is 5.32 Å². The SMILES string of the molecule is c1ccc2cc(-c3ccc(Nc4cccc5c4oc4ccc6ccccc6c45)c4ccccc34)ccc2c1. The fourth-order valence-electron chi connectivity index (χ4n) is 5.83. The highest BCUT2D eigenvalue weighted by molar-refractivity contribution is 6.20. The van der Waals surface area contributed by atoms with Crippen LogP contribution in [0.3, 0.4) is 0 Å². The summed E-state index contributed by atoms with van der Waals surface area (Å²) in [6, 6.07) is 47.3. The van der Waals surface area contributed by atoms with Crippen LogP contribution >= 0.6 is 0 Å². The van der Waals surface area contributed by atoms with Crippen molar-refractivity contribution in [3.8, 4) is 11.1 Å². The summed E-state index contributed by atoms with van der Waals surface area (Å²) in [5.74, 6) is 0. The van der Waals surface area contributed by atoms with E-state index in [4.69, 9.17) is 4.42 Å². The lowest BCUT2D eigenvalue weighted by Crippen LogP contribution is -1.93. The summed E-state index contributed by atoms with van der Waals surface area (Å²) in [6.45, 7) is 0. The largest absolute Gasteiger partial charge is 0.454 e. The normalized spacial score (nSPS) is 11.7. The second-order valence-corrected chi connectivity index (χ2v) is 9.84. The molecule has 0 radical (unpaired) electrons. The topological polar surface area (TPSA) is 25.2 Å². The van der Waals surface area contributed by atoms with Gasteiger partial charge in [0.05, 0.1) is 5.69 Å². The van der Waals surface area contributed by atoms with Gasteiger partial charge in [0.15, 0.2) is 5.58 Å². The van der Waals surface area contributed by atoms with Gasteiger partial charge in [0.2, 0.25) is 0 Å². The number of para-hydroxylation sites is 1. The summed E-state index contributed by atoms with van der Waals surface area (Å²) in [4.78, 5) is 0. The molecule has 0 atom stereocenters. The highest BCUT2D eigenvalue weighted by Gasteiger charge is 2.15. The molecule has 0 bridgehead atoms. The van der Waals surface area contributed by atoms with Gasteiger partial charge < -0.3 is 9.73 Å². The molecule has 1 heterocycles. The Hall–Kier alpha value is -5.08. The number of rotatable bonds is 3. The van der Waals surface area contributed by atoms with Crippen molar-refractivity contribution >= 4 is 65.6 Å². The van der Waals surface area contributed by atoms with Gasteiger partial charge in [-0.05, 0) is 62.3 Å². The molecule has 0 unspecified atom stereocenters. The molecule has 1 aromatic heterocycles. The van der Waals surface area contributed by atoms with Gasteiger partial charge in [-0.1, -0.05) is 109 Å². The molecule has 0 saturated carbocycles. The van der Waals surface area contributed by atoms with E-state index in [0.29, 0.717) is 0 Å². The number of nitrogens with one attached hydrogen (secondary N) is 1. The average molecular weight is 486 g/mol. The van der Waals surface area contributed by atoms with Crippen molar-refractivity contribution in [1.29, 1.82) is 0 Å². The number of fused-ring (bicyclic) bond motifs is 7. The molecule has 2 heteroatoms. The van der Waals surface area contributed by atoms with Crippen molar-refractivity contribution in [2.75, 3.05) is 5.32 Å². The van der Waals surface area contributed by atoms with Gasteiger partial charge >= 0.3 is 0 Å². The third kappa shape index (κ3) is 3.21. The van der Waals surface area contributed by atoms with Crippen molar-refractivity contribution in [2.24, 2.45) is 0 Å². The average Bonchev–Trinajstić information content (AvgIpc) is 3.37. The van der Waals surface area contributed by atoms with E-state index in [1.807, 2.05) is 0 Å². The number of benzene rings is 7. The van der Waals surface area contributed by atoms with E-state index in [1.165, 1.54) is 48.8 Å². The zero-order valence-corrected chi connectivity index (χ0v) is 20.6. The third-order valence-electron chi connectivity index (χ3n) is 7.64. The summed E-state index contributed by atoms with van der Waals surface area (Å²) < 4.78 is 6.45. The third-order valence-corrected chi connectivity index (χ3v) is 7.64. The van der Waals surface area contributed by atoms with Crippen molar-refractivity contribution in [3.63, 3.8) is 0 Å². The molecular formula is C36H23NO. The second kappa shape index (κ2) is 8.22. The van der Waals surface area contributed by atoms with Crippen LogP contribution in [0.2, 0.25) is 0 Å². The molecule has 0 spiro atoms. The standard InChI is InChI=1S/C36H23NO/c1-2-10-25-22-26(17-16-23(25)8-1)27-19-20-32(30-13-6-5-12-29(27)30)37-33-15-7-14-31-35-28-11-4-3-9-24(28)18-21-34(35)38-36(31)33/h1-22,37H. The number of hydrogen-bond donors (Lipinski definition) is 1. The highest BCUT2D eigenvalue weighted by atomic mass is 16.3. The van der Waals surface area contributed by atoms with Crippen LogP contribution in [0.5, 0.6) is 0 Å². The van der Waals surface area contributed by atoms with Gasteiger partial charge in [0, 0.05) is 21.8 Å². The van der Waals surface area contributed by atoms with Crippen LogP contribution in [0, 0.1) is 0 Å². The maximum atomic E-state index is 6.45. The minimum absolute atomic E-state index is 0.876. The van der Waals surface area contributed by atoms with E-state index in [1.54, 1.807) is 0 Å². The fourth-order valence-corrected chi connectivity index (χ4v) is 5.83. The van der Waals surface area contributed by atoms with Crippen molar-refractivity contribution < 1.29 is 4.42 Å². The highest BCUT2D eigenvalue weighted by Crippen LogP contribution is 2.40. The van der Waals surface area contributed by atoms with Crippen LogP contribution in [0.15, 0.2) is 138 Å². The Kier molecular flexibility index (Phi) is 4.55. The first kappa shape index (κ1) is 21.0. The van der Waals surface area contributed by atoms with E-state index in [9.17, 15) is 0 Å². The minimum Gasteiger partial charge on any atom is -0.454 e. The molecule has 2 nitrogen and oxygen atoms in total. The molecule has 7 aromatic carbocycles. The van der Waals surface area contributed by atoms with Crippen LogP contribution in [-0.2, 0) is 0 Å². The molecule has 1 N–H and O–H groups in total. The van der Waals surface area contributed by atoms with E-state index in [2.05, 4.69) is 139 Å². The van der Waals surface area contributed by atoms with E-state index < -0.39 is 0 Å². The lowest BCUT2D eigenvalue weighted by atomic mass is 9.95. The van der Waals surface area contributed by atoms with Crippen molar-refractivity contribution in [3.05, 3.63) is 133 Å². The second-order valence-electron chi connectivity index (χ2n) is 9.84.